The van der Waals surface area contributed by atoms with Gasteiger partial charge in [-0.25, -0.2) is 9.07 Å². The molecule has 6 nitrogen and oxygen atoms in total. The molecule has 0 saturated carbocycles. The van der Waals surface area contributed by atoms with Crippen molar-refractivity contribution in [2.24, 2.45) is 0 Å². The minimum absolute atomic E-state index is 0.0441. The third-order valence-electron chi connectivity index (χ3n) is 4.35. The first-order chi connectivity index (χ1) is 12.1. The first kappa shape index (κ1) is 17.1. The van der Waals surface area contributed by atoms with Gasteiger partial charge in [-0.2, -0.15) is 5.10 Å². The number of carbonyl (C=O) groups is 2. The predicted octanol–water partition coefficient (Wildman–Crippen LogP) is 2.03. The fourth-order valence-corrected chi connectivity index (χ4v) is 3.03. The van der Waals surface area contributed by atoms with Crippen molar-refractivity contribution < 1.29 is 14.0 Å². The number of rotatable bonds is 6. The molecule has 0 spiro atoms. The molecule has 1 aromatic heterocycles. The van der Waals surface area contributed by atoms with Crippen LogP contribution in [0.25, 0.3) is 5.69 Å². The number of halogens is 1. The molecule has 1 aromatic carbocycles. The summed E-state index contributed by atoms with van der Waals surface area (Å²) in [4.78, 5) is 25.9. The van der Waals surface area contributed by atoms with E-state index in [1.807, 2.05) is 6.92 Å². The maximum atomic E-state index is 13.0. The van der Waals surface area contributed by atoms with Crippen LogP contribution in [0.1, 0.15) is 31.9 Å². The molecule has 1 saturated heterocycles. The Kier molecular flexibility index (Phi) is 5.11. The van der Waals surface area contributed by atoms with E-state index in [4.69, 9.17) is 0 Å². The molecule has 0 aliphatic carbocycles. The molecule has 1 atom stereocenters. The largest absolute Gasteiger partial charge is 0.349 e. The lowest BCUT2D eigenvalue weighted by molar-refractivity contribution is -0.137. The van der Waals surface area contributed by atoms with E-state index >= 15 is 0 Å². The number of hydrogen-bond acceptors (Lipinski definition) is 3. The number of hydrogen-bond donors (Lipinski definition) is 1. The highest BCUT2D eigenvalue weighted by molar-refractivity contribution is 5.88. The van der Waals surface area contributed by atoms with Gasteiger partial charge in [0.1, 0.15) is 11.9 Å². The van der Waals surface area contributed by atoms with Crippen LogP contribution >= 0.6 is 0 Å². The Morgan fingerprint density at radius 1 is 1.32 bits per heavy atom. The molecule has 1 N–H and O–H groups in total. The molecular weight excluding hydrogens is 323 g/mol. The molecule has 0 bridgehead atoms. The molecule has 3 rings (SSSR count). The van der Waals surface area contributed by atoms with E-state index in [1.165, 1.54) is 12.1 Å². The van der Waals surface area contributed by atoms with Gasteiger partial charge in [-0.15, -0.1) is 0 Å². The zero-order chi connectivity index (χ0) is 17.8. The highest BCUT2D eigenvalue weighted by Crippen LogP contribution is 2.16. The summed E-state index contributed by atoms with van der Waals surface area (Å²) in [6.45, 7) is 2.83. The number of aromatic nitrogens is 2. The molecule has 1 unspecified atom stereocenters. The molecule has 2 aromatic rings. The van der Waals surface area contributed by atoms with Crippen LogP contribution < -0.4 is 5.32 Å². The van der Waals surface area contributed by atoms with Crippen molar-refractivity contribution in [3.05, 3.63) is 48.0 Å². The smallest absolute Gasteiger partial charge is 0.243 e. The van der Waals surface area contributed by atoms with Crippen LogP contribution in [0.2, 0.25) is 0 Å². The lowest BCUT2D eigenvalue weighted by Crippen LogP contribution is -2.47. The van der Waals surface area contributed by atoms with Gasteiger partial charge >= 0.3 is 0 Å². The Hall–Kier alpha value is -2.70. The molecule has 132 valence electrons. The predicted molar refractivity (Wildman–Crippen MR) is 90.4 cm³/mol. The maximum absolute atomic E-state index is 13.0. The molecule has 1 aliphatic heterocycles. The third-order valence-corrected chi connectivity index (χ3v) is 4.35. The molecular formula is C18H21FN4O2. The zero-order valence-electron chi connectivity index (χ0n) is 14.1. The van der Waals surface area contributed by atoms with Crippen molar-refractivity contribution in [3.8, 4) is 5.69 Å². The Balaban J connectivity index is 1.60. The van der Waals surface area contributed by atoms with Crippen molar-refractivity contribution >= 4 is 11.8 Å². The second kappa shape index (κ2) is 7.46. The van der Waals surface area contributed by atoms with E-state index in [-0.39, 0.29) is 24.2 Å². The van der Waals surface area contributed by atoms with Crippen LogP contribution in [-0.4, -0.2) is 39.1 Å². The topological polar surface area (TPSA) is 67.2 Å². The third kappa shape index (κ3) is 3.87. The molecule has 25 heavy (non-hydrogen) atoms. The number of carbonyl (C=O) groups excluding carboxylic acids is 2. The van der Waals surface area contributed by atoms with Crippen LogP contribution in [0.15, 0.2) is 36.5 Å². The van der Waals surface area contributed by atoms with Crippen LogP contribution in [0, 0.1) is 5.82 Å². The fourth-order valence-electron chi connectivity index (χ4n) is 3.03. The summed E-state index contributed by atoms with van der Waals surface area (Å²) in [5.74, 6) is -0.415. The SMILES string of the molecule is CCC(C(=O)NCc1ccn(-c2ccc(F)cc2)n1)N1CCCC1=O. The molecule has 1 aliphatic rings. The lowest BCUT2D eigenvalue weighted by atomic mass is 10.2. The highest BCUT2D eigenvalue weighted by Gasteiger charge is 2.31. The Morgan fingerprint density at radius 3 is 2.72 bits per heavy atom. The average Bonchev–Trinajstić information content (AvgIpc) is 3.24. The molecule has 2 amide bonds. The van der Waals surface area contributed by atoms with Crippen molar-refractivity contribution in [2.45, 2.75) is 38.8 Å². The van der Waals surface area contributed by atoms with Gasteiger partial charge in [0.25, 0.3) is 0 Å². The van der Waals surface area contributed by atoms with Gasteiger partial charge in [0, 0.05) is 19.2 Å². The highest BCUT2D eigenvalue weighted by atomic mass is 19.1. The van der Waals surface area contributed by atoms with Crippen molar-refractivity contribution in [1.82, 2.24) is 20.0 Å². The number of nitrogens with zero attached hydrogens (tertiary/aromatic N) is 3. The second-order valence-electron chi connectivity index (χ2n) is 6.06. The Bertz CT molecular complexity index is 757. The van der Waals surface area contributed by atoms with E-state index in [0.717, 1.165) is 12.1 Å². The van der Waals surface area contributed by atoms with Gasteiger partial charge in [-0.3, -0.25) is 9.59 Å². The first-order valence-electron chi connectivity index (χ1n) is 8.46. The minimum Gasteiger partial charge on any atom is -0.349 e. The van der Waals surface area contributed by atoms with Gasteiger partial charge in [-0.1, -0.05) is 6.92 Å². The standard InChI is InChI=1S/C18H21FN4O2/c1-2-16(22-10-3-4-17(22)24)18(25)20-12-14-9-11-23(21-14)15-7-5-13(19)6-8-15/h5-9,11,16H,2-4,10,12H2,1H3,(H,20,25). The quantitative estimate of drug-likeness (QED) is 0.872. The van der Waals surface area contributed by atoms with E-state index < -0.39 is 6.04 Å². The number of amides is 2. The minimum atomic E-state index is -0.422. The van der Waals surface area contributed by atoms with Crippen LogP contribution in [-0.2, 0) is 16.1 Å². The normalized spacial score (nSPS) is 15.4. The fraction of sp³-hybridized carbons (Fsp3) is 0.389. The van der Waals surface area contributed by atoms with Gasteiger partial charge in [-0.05, 0) is 43.2 Å². The van der Waals surface area contributed by atoms with E-state index in [1.54, 1.807) is 34.0 Å². The second-order valence-corrected chi connectivity index (χ2v) is 6.06. The van der Waals surface area contributed by atoms with Crippen molar-refractivity contribution in [2.75, 3.05) is 6.54 Å². The van der Waals surface area contributed by atoms with Gasteiger partial charge in [0.05, 0.1) is 17.9 Å². The Labute approximate surface area is 145 Å². The first-order valence-corrected chi connectivity index (χ1v) is 8.46. The van der Waals surface area contributed by atoms with Gasteiger partial charge in [0.2, 0.25) is 11.8 Å². The number of benzene rings is 1. The number of likely N-dealkylation sites (tertiary alicyclic amines) is 1. The van der Waals surface area contributed by atoms with Crippen molar-refractivity contribution in [1.29, 1.82) is 0 Å². The Morgan fingerprint density at radius 2 is 2.08 bits per heavy atom. The summed E-state index contributed by atoms with van der Waals surface area (Å²) in [6.07, 6.45) is 3.67. The van der Waals surface area contributed by atoms with E-state index in [0.29, 0.717) is 25.1 Å². The molecule has 7 heteroatoms. The van der Waals surface area contributed by atoms with Crippen LogP contribution in [0.5, 0.6) is 0 Å². The lowest BCUT2D eigenvalue weighted by Gasteiger charge is -2.25. The van der Waals surface area contributed by atoms with Gasteiger partial charge in [0.15, 0.2) is 0 Å². The van der Waals surface area contributed by atoms with Crippen LogP contribution in [0.4, 0.5) is 4.39 Å². The summed E-state index contributed by atoms with van der Waals surface area (Å²) < 4.78 is 14.6. The summed E-state index contributed by atoms with van der Waals surface area (Å²) in [5, 5.41) is 7.23. The molecule has 2 heterocycles. The maximum Gasteiger partial charge on any atom is 0.243 e. The van der Waals surface area contributed by atoms with Crippen LogP contribution in [0.3, 0.4) is 0 Å². The summed E-state index contributed by atoms with van der Waals surface area (Å²) >= 11 is 0. The number of nitrogens with one attached hydrogen (secondary N) is 1. The van der Waals surface area contributed by atoms with E-state index in [9.17, 15) is 14.0 Å². The average molecular weight is 344 g/mol. The summed E-state index contributed by atoms with van der Waals surface area (Å²) in [5.41, 5.74) is 1.44. The zero-order valence-corrected chi connectivity index (χ0v) is 14.1. The van der Waals surface area contributed by atoms with E-state index in [2.05, 4.69) is 10.4 Å². The van der Waals surface area contributed by atoms with Crippen molar-refractivity contribution in [3.63, 3.8) is 0 Å². The molecule has 1 fully saturated rings. The summed E-state index contributed by atoms with van der Waals surface area (Å²) in [6, 6.07) is 7.39. The molecule has 0 radical (unpaired) electrons. The van der Waals surface area contributed by atoms with Gasteiger partial charge < -0.3 is 10.2 Å². The monoisotopic (exact) mass is 344 g/mol. The summed E-state index contributed by atoms with van der Waals surface area (Å²) in [7, 11) is 0.